The summed E-state index contributed by atoms with van der Waals surface area (Å²) in [5, 5.41) is 11.6. The van der Waals surface area contributed by atoms with E-state index >= 15 is 0 Å². The van der Waals surface area contributed by atoms with Crippen molar-refractivity contribution in [3.63, 3.8) is 0 Å². The van der Waals surface area contributed by atoms with Crippen molar-refractivity contribution in [1.29, 1.82) is 0 Å². The second-order valence-corrected chi connectivity index (χ2v) is 5.38. The van der Waals surface area contributed by atoms with Gasteiger partial charge in [0, 0.05) is 25.7 Å². The molecular formula is C13H23N3O3. The van der Waals surface area contributed by atoms with Crippen molar-refractivity contribution in [1.82, 2.24) is 15.1 Å². The van der Waals surface area contributed by atoms with Crippen LogP contribution in [0.25, 0.3) is 0 Å². The van der Waals surface area contributed by atoms with E-state index in [0.29, 0.717) is 19.0 Å². The first-order chi connectivity index (χ1) is 9.11. The second kappa shape index (κ2) is 6.23. The van der Waals surface area contributed by atoms with E-state index in [-0.39, 0.29) is 6.03 Å². The molecule has 108 valence electrons. The topological polar surface area (TPSA) is 72.9 Å². The molecule has 0 aromatic carbocycles. The molecule has 2 rings (SSSR count). The zero-order valence-electron chi connectivity index (χ0n) is 11.5. The number of carboxylic acids is 1. The number of carbonyl (C=O) groups is 2. The Hall–Kier alpha value is -1.30. The Labute approximate surface area is 113 Å². The number of piperidine rings is 1. The molecule has 19 heavy (non-hydrogen) atoms. The molecule has 6 heteroatoms. The molecule has 2 aliphatic rings. The predicted molar refractivity (Wildman–Crippen MR) is 71.0 cm³/mol. The number of piperazine rings is 1. The molecule has 2 fully saturated rings. The van der Waals surface area contributed by atoms with Crippen LogP contribution in [0.1, 0.15) is 32.6 Å². The highest BCUT2D eigenvalue weighted by Gasteiger charge is 2.32. The molecule has 1 unspecified atom stereocenters. The lowest BCUT2D eigenvalue weighted by atomic mass is 10.00. The summed E-state index contributed by atoms with van der Waals surface area (Å²) in [6.45, 7) is 5.22. The third-order valence-electron chi connectivity index (χ3n) is 4.13. The lowest BCUT2D eigenvalue weighted by Crippen LogP contribution is -2.59. The molecule has 0 aliphatic carbocycles. The van der Waals surface area contributed by atoms with Gasteiger partial charge in [0.1, 0.15) is 6.04 Å². The zero-order valence-corrected chi connectivity index (χ0v) is 11.5. The average Bonchev–Trinajstić information content (AvgIpc) is 2.43. The molecule has 0 radical (unpaired) electrons. The quantitative estimate of drug-likeness (QED) is 0.792. The normalized spacial score (nSPS) is 25.5. The van der Waals surface area contributed by atoms with Gasteiger partial charge in [-0.25, -0.2) is 9.59 Å². The summed E-state index contributed by atoms with van der Waals surface area (Å²) in [7, 11) is 0. The number of hydrogen-bond acceptors (Lipinski definition) is 3. The number of urea groups is 1. The van der Waals surface area contributed by atoms with Gasteiger partial charge in [0.15, 0.2) is 0 Å². The molecular weight excluding hydrogens is 246 g/mol. The standard InChI is InChI=1S/C13H23N3O3/c1-2-11(12(17)18)14-13(19)16-8-7-15-6-4-3-5-10(15)9-16/h10-11H,2-9H2,1H3,(H,14,19)(H,17,18)/t10?,11-/m1/s1. The van der Waals surface area contributed by atoms with Crippen molar-refractivity contribution in [3.8, 4) is 0 Å². The molecule has 2 aliphatic heterocycles. The van der Waals surface area contributed by atoms with Crippen LogP contribution < -0.4 is 5.32 Å². The van der Waals surface area contributed by atoms with Crippen molar-refractivity contribution in [2.24, 2.45) is 0 Å². The number of rotatable bonds is 3. The van der Waals surface area contributed by atoms with E-state index in [1.165, 1.54) is 12.8 Å². The van der Waals surface area contributed by atoms with E-state index in [1.807, 2.05) is 0 Å². The summed E-state index contributed by atoms with van der Waals surface area (Å²) >= 11 is 0. The summed E-state index contributed by atoms with van der Waals surface area (Å²) < 4.78 is 0. The first-order valence-electron chi connectivity index (χ1n) is 7.14. The monoisotopic (exact) mass is 269 g/mol. The van der Waals surface area contributed by atoms with Crippen LogP contribution in [0.15, 0.2) is 0 Å². The van der Waals surface area contributed by atoms with E-state index in [4.69, 9.17) is 5.11 Å². The number of fused-ring (bicyclic) bond motifs is 1. The maximum atomic E-state index is 12.1. The van der Waals surface area contributed by atoms with Gasteiger partial charge in [-0.05, 0) is 25.8 Å². The number of aliphatic carboxylic acids is 1. The van der Waals surface area contributed by atoms with Crippen molar-refractivity contribution in [2.45, 2.75) is 44.7 Å². The number of nitrogens with one attached hydrogen (secondary N) is 1. The van der Waals surface area contributed by atoms with Crippen molar-refractivity contribution in [2.75, 3.05) is 26.2 Å². The highest BCUT2D eigenvalue weighted by Crippen LogP contribution is 2.21. The molecule has 2 N–H and O–H groups in total. The Balaban J connectivity index is 1.88. The van der Waals surface area contributed by atoms with Crippen molar-refractivity contribution >= 4 is 12.0 Å². The van der Waals surface area contributed by atoms with Crippen LogP contribution in [0.2, 0.25) is 0 Å². The summed E-state index contributed by atoms with van der Waals surface area (Å²) in [6, 6.07) is -0.561. The minimum absolute atomic E-state index is 0.237. The van der Waals surface area contributed by atoms with Gasteiger partial charge in [0.05, 0.1) is 0 Å². The van der Waals surface area contributed by atoms with Gasteiger partial charge in [-0.3, -0.25) is 4.90 Å². The number of hydrogen-bond donors (Lipinski definition) is 2. The lowest BCUT2D eigenvalue weighted by Gasteiger charge is -2.44. The van der Waals surface area contributed by atoms with Gasteiger partial charge in [-0.15, -0.1) is 0 Å². The fraction of sp³-hybridized carbons (Fsp3) is 0.846. The highest BCUT2D eigenvalue weighted by molar-refractivity contribution is 5.82. The second-order valence-electron chi connectivity index (χ2n) is 5.38. The molecule has 2 amide bonds. The Morgan fingerprint density at radius 1 is 1.32 bits per heavy atom. The van der Waals surface area contributed by atoms with Crippen LogP contribution >= 0.6 is 0 Å². The fourth-order valence-electron chi connectivity index (χ4n) is 2.92. The minimum atomic E-state index is -0.966. The van der Waals surface area contributed by atoms with E-state index in [0.717, 1.165) is 26.1 Å². The lowest BCUT2D eigenvalue weighted by molar-refractivity contribution is -0.139. The Bertz CT molecular complexity index is 348. The molecule has 0 aromatic heterocycles. The van der Waals surface area contributed by atoms with Crippen LogP contribution in [0.4, 0.5) is 4.79 Å². The zero-order chi connectivity index (χ0) is 13.8. The van der Waals surface area contributed by atoms with Crippen molar-refractivity contribution < 1.29 is 14.7 Å². The summed E-state index contributed by atoms with van der Waals surface area (Å²) in [5.74, 6) is -0.966. The summed E-state index contributed by atoms with van der Waals surface area (Å²) in [6.07, 6.45) is 4.02. The van der Waals surface area contributed by atoms with E-state index in [9.17, 15) is 9.59 Å². The maximum Gasteiger partial charge on any atom is 0.326 e. The third kappa shape index (κ3) is 3.37. The molecule has 2 atom stereocenters. The van der Waals surface area contributed by atoms with Crippen LogP contribution in [0, 0.1) is 0 Å². The SMILES string of the molecule is CC[C@@H](NC(=O)N1CCN2CCCCC2C1)C(=O)O. The van der Waals surface area contributed by atoms with Gasteiger partial charge in [0.25, 0.3) is 0 Å². The van der Waals surface area contributed by atoms with Gasteiger partial charge in [0.2, 0.25) is 0 Å². The average molecular weight is 269 g/mol. The van der Waals surface area contributed by atoms with Crippen LogP contribution in [0.3, 0.4) is 0 Å². The number of nitrogens with zero attached hydrogens (tertiary/aromatic N) is 2. The Morgan fingerprint density at radius 2 is 2.11 bits per heavy atom. The van der Waals surface area contributed by atoms with Gasteiger partial charge in [-0.2, -0.15) is 0 Å². The number of amides is 2. The van der Waals surface area contributed by atoms with Crippen LogP contribution in [-0.4, -0.2) is 65.2 Å². The number of carbonyl (C=O) groups excluding carboxylic acids is 1. The van der Waals surface area contributed by atoms with Gasteiger partial charge >= 0.3 is 12.0 Å². The predicted octanol–water partition coefficient (Wildman–Crippen LogP) is 0.729. The number of carboxylic acid groups (broad SMARTS) is 1. The fourth-order valence-corrected chi connectivity index (χ4v) is 2.92. The molecule has 0 spiro atoms. The summed E-state index contributed by atoms with van der Waals surface area (Å²) in [4.78, 5) is 27.2. The van der Waals surface area contributed by atoms with Gasteiger partial charge < -0.3 is 15.3 Å². The van der Waals surface area contributed by atoms with E-state index in [2.05, 4.69) is 10.2 Å². The molecule has 0 aromatic rings. The van der Waals surface area contributed by atoms with Gasteiger partial charge in [-0.1, -0.05) is 13.3 Å². The van der Waals surface area contributed by atoms with E-state index < -0.39 is 12.0 Å². The maximum absolute atomic E-state index is 12.1. The van der Waals surface area contributed by atoms with Crippen LogP contribution in [-0.2, 0) is 4.79 Å². The molecule has 6 nitrogen and oxygen atoms in total. The molecule has 2 saturated heterocycles. The first-order valence-corrected chi connectivity index (χ1v) is 7.14. The first kappa shape index (κ1) is 14.1. The minimum Gasteiger partial charge on any atom is -0.480 e. The van der Waals surface area contributed by atoms with E-state index in [1.54, 1.807) is 11.8 Å². The van der Waals surface area contributed by atoms with Crippen LogP contribution in [0.5, 0.6) is 0 Å². The molecule has 0 bridgehead atoms. The van der Waals surface area contributed by atoms with Crippen molar-refractivity contribution in [3.05, 3.63) is 0 Å². The summed E-state index contributed by atoms with van der Waals surface area (Å²) in [5.41, 5.74) is 0. The Morgan fingerprint density at radius 3 is 2.79 bits per heavy atom. The molecule has 0 saturated carbocycles. The largest absolute Gasteiger partial charge is 0.480 e. The highest BCUT2D eigenvalue weighted by atomic mass is 16.4. The third-order valence-corrected chi connectivity index (χ3v) is 4.13. The Kier molecular flexibility index (Phi) is 4.63. The molecule has 2 heterocycles. The smallest absolute Gasteiger partial charge is 0.326 e.